The quantitative estimate of drug-likeness (QED) is 0.924. The standard InChI is InChI=1S/C16H20N4O2/c1-20(2)10-14-13-8-12(5-6-15(13)22-19-14)18-16(21)11-4-3-7-17-9-11/h3-4,7,9,12H,5-6,8,10H2,1-2H3,(H,18,21). The largest absolute Gasteiger partial charge is 0.361 e. The molecule has 1 aliphatic rings. The first-order chi connectivity index (χ1) is 10.6. The fourth-order valence-electron chi connectivity index (χ4n) is 2.78. The molecule has 0 saturated carbocycles. The molecule has 0 spiro atoms. The summed E-state index contributed by atoms with van der Waals surface area (Å²) in [6.45, 7) is 0.752. The number of hydrogen-bond donors (Lipinski definition) is 1. The van der Waals surface area contributed by atoms with Crippen LogP contribution in [-0.4, -0.2) is 41.1 Å². The van der Waals surface area contributed by atoms with Crippen LogP contribution in [0.4, 0.5) is 0 Å². The fourth-order valence-corrected chi connectivity index (χ4v) is 2.78. The van der Waals surface area contributed by atoms with Gasteiger partial charge >= 0.3 is 0 Å². The summed E-state index contributed by atoms with van der Waals surface area (Å²) in [4.78, 5) is 18.3. The Morgan fingerprint density at radius 1 is 1.50 bits per heavy atom. The average Bonchev–Trinajstić information content (AvgIpc) is 2.90. The molecular formula is C16H20N4O2. The lowest BCUT2D eigenvalue weighted by molar-refractivity contribution is 0.0932. The highest BCUT2D eigenvalue weighted by Gasteiger charge is 2.27. The highest BCUT2D eigenvalue weighted by Crippen LogP contribution is 2.25. The highest BCUT2D eigenvalue weighted by molar-refractivity contribution is 5.94. The summed E-state index contributed by atoms with van der Waals surface area (Å²) in [5, 5.41) is 7.25. The lowest BCUT2D eigenvalue weighted by Crippen LogP contribution is -2.39. The lowest BCUT2D eigenvalue weighted by Gasteiger charge is -2.23. The number of rotatable bonds is 4. The van der Waals surface area contributed by atoms with Crippen LogP contribution in [0.25, 0.3) is 0 Å². The van der Waals surface area contributed by atoms with Gasteiger partial charge in [0.05, 0.1) is 5.56 Å². The summed E-state index contributed by atoms with van der Waals surface area (Å²) in [5.74, 6) is 0.885. The minimum absolute atomic E-state index is 0.0767. The second-order valence-electron chi connectivity index (χ2n) is 5.92. The van der Waals surface area contributed by atoms with Gasteiger partial charge in [-0.3, -0.25) is 9.78 Å². The number of nitrogens with zero attached hydrogens (tertiary/aromatic N) is 3. The maximum atomic E-state index is 12.2. The number of carbonyl (C=O) groups excluding carboxylic acids is 1. The van der Waals surface area contributed by atoms with Gasteiger partial charge in [-0.1, -0.05) is 5.16 Å². The molecule has 1 aliphatic carbocycles. The van der Waals surface area contributed by atoms with Gasteiger partial charge in [0.1, 0.15) is 11.5 Å². The zero-order chi connectivity index (χ0) is 15.5. The van der Waals surface area contributed by atoms with E-state index in [1.54, 1.807) is 24.5 Å². The van der Waals surface area contributed by atoms with Crippen molar-refractivity contribution in [2.45, 2.75) is 31.8 Å². The molecule has 0 saturated heterocycles. The van der Waals surface area contributed by atoms with Crippen molar-refractivity contribution in [1.29, 1.82) is 0 Å². The number of carbonyl (C=O) groups is 1. The van der Waals surface area contributed by atoms with Crippen LogP contribution < -0.4 is 5.32 Å². The summed E-state index contributed by atoms with van der Waals surface area (Å²) in [5.41, 5.74) is 2.71. The topological polar surface area (TPSA) is 71.3 Å². The van der Waals surface area contributed by atoms with Gasteiger partial charge in [0, 0.05) is 37.0 Å². The van der Waals surface area contributed by atoms with Gasteiger partial charge in [0.25, 0.3) is 5.91 Å². The molecule has 3 rings (SSSR count). The molecule has 1 atom stereocenters. The summed E-state index contributed by atoms with van der Waals surface area (Å²) in [6.07, 6.45) is 5.70. The van der Waals surface area contributed by atoms with Crippen LogP contribution in [0.1, 0.15) is 33.8 Å². The van der Waals surface area contributed by atoms with E-state index in [1.165, 1.54) is 0 Å². The predicted molar refractivity (Wildman–Crippen MR) is 81.4 cm³/mol. The third kappa shape index (κ3) is 3.17. The summed E-state index contributed by atoms with van der Waals surface area (Å²) >= 11 is 0. The Hall–Kier alpha value is -2.21. The smallest absolute Gasteiger partial charge is 0.253 e. The van der Waals surface area contributed by atoms with Gasteiger partial charge in [-0.25, -0.2) is 0 Å². The molecule has 0 bridgehead atoms. The Morgan fingerprint density at radius 3 is 3.09 bits per heavy atom. The third-order valence-corrected chi connectivity index (χ3v) is 3.85. The molecular weight excluding hydrogens is 280 g/mol. The van der Waals surface area contributed by atoms with Crippen LogP contribution in [0.15, 0.2) is 29.0 Å². The number of fused-ring (bicyclic) bond motifs is 1. The Bertz CT molecular complexity index is 651. The van der Waals surface area contributed by atoms with E-state index in [-0.39, 0.29) is 11.9 Å². The first kappa shape index (κ1) is 14.7. The van der Waals surface area contributed by atoms with Gasteiger partial charge in [-0.05, 0) is 39.1 Å². The van der Waals surface area contributed by atoms with Crippen molar-refractivity contribution < 1.29 is 9.32 Å². The van der Waals surface area contributed by atoms with Crippen LogP contribution in [0.5, 0.6) is 0 Å². The summed E-state index contributed by atoms with van der Waals surface area (Å²) in [6, 6.07) is 3.65. The van der Waals surface area contributed by atoms with Crippen molar-refractivity contribution in [2.75, 3.05) is 14.1 Å². The van der Waals surface area contributed by atoms with Gasteiger partial charge in [-0.15, -0.1) is 0 Å². The van der Waals surface area contributed by atoms with Gasteiger partial charge < -0.3 is 14.7 Å². The SMILES string of the molecule is CN(C)Cc1noc2c1CC(NC(=O)c1cccnc1)CC2. The van der Waals surface area contributed by atoms with E-state index >= 15 is 0 Å². The first-order valence-electron chi connectivity index (χ1n) is 7.45. The van der Waals surface area contributed by atoms with E-state index in [2.05, 4.69) is 20.4 Å². The van der Waals surface area contributed by atoms with Crippen LogP contribution in [0.3, 0.4) is 0 Å². The van der Waals surface area contributed by atoms with Gasteiger partial charge in [-0.2, -0.15) is 0 Å². The molecule has 2 heterocycles. The molecule has 1 N–H and O–H groups in total. The molecule has 1 amide bonds. The predicted octanol–water partition coefficient (Wildman–Crippen LogP) is 1.42. The van der Waals surface area contributed by atoms with Crippen LogP contribution >= 0.6 is 0 Å². The summed E-state index contributed by atoms with van der Waals surface area (Å²) < 4.78 is 5.43. The van der Waals surface area contributed by atoms with E-state index in [0.717, 1.165) is 42.8 Å². The minimum Gasteiger partial charge on any atom is -0.361 e. The normalized spacial score (nSPS) is 17.3. The van der Waals surface area contributed by atoms with Crippen molar-refractivity contribution in [3.63, 3.8) is 0 Å². The van der Waals surface area contributed by atoms with Crippen LogP contribution in [0, 0.1) is 0 Å². The Morgan fingerprint density at radius 2 is 2.36 bits per heavy atom. The molecule has 1 unspecified atom stereocenters. The maximum Gasteiger partial charge on any atom is 0.253 e. The second kappa shape index (κ2) is 6.27. The molecule has 2 aromatic rings. The second-order valence-corrected chi connectivity index (χ2v) is 5.92. The van der Waals surface area contributed by atoms with Crippen molar-refractivity contribution in [3.05, 3.63) is 47.1 Å². The van der Waals surface area contributed by atoms with E-state index in [9.17, 15) is 4.79 Å². The van der Waals surface area contributed by atoms with E-state index < -0.39 is 0 Å². The molecule has 0 aliphatic heterocycles. The molecule has 6 nitrogen and oxygen atoms in total. The van der Waals surface area contributed by atoms with Gasteiger partial charge in [0.15, 0.2) is 0 Å². The monoisotopic (exact) mass is 300 g/mol. The molecule has 0 aromatic carbocycles. The molecule has 116 valence electrons. The number of aromatic nitrogens is 2. The molecule has 0 fully saturated rings. The van der Waals surface area contributed by atoms with Crippen LogP contribution in [-0.2, 0) is 19.4 Å². The number of nitrogens with one attached hydrogen (secondary N) is 1. The zero-order valence-corrected chi connectivity index (χ0v) is 12.9. The Balaban J connectivity index is 1.69. The zero-order valence-electron chi connectivity index (χ0n) is 12.9. The van der Waals surface area contributed by atoms with Crippen molar-refractivity contribution in [1.82, 2.24) is 20.4 Å². The molecule has 22 heavy (non-hydrogen) atoms. The number of pyridine rings is 1. The van der Waals surface area contributed by atoms with Crippen molar-refractivity contribution in [2.24, 2.45) is 0 Å². The lowest BCUT2D eigenvalue weighted by atomic mass is 9.91. The third-order valence-electron chi connectivity index (χ3n) is 3.85. The van der Waals surface area contributed by atoms with Crippen molar-refractivity contribution >= 4 is 5.91 Å². The number of aryl methyl sites for hydroxylation is 1. The Kier molecular flexibility index (Phi) is 4.20. The van der Waals surface area contributed by atoms with Crippen molar-refractivity contribution in [3.8, 4) is 0 Å². The Labute approximate surface area is 129 Å². The van der Waals surface area contributed by atoms with E-state index in [1.807, 2.05) is 14.1 Å². The molecule has 6 heteroatoms. The van der Waals surface area contributed by atoms with Crippen LogP contribution in [0.2, 0.25) is 0 Å². The average molecular weight is 300 g/mol. The number of hydrogen-bond acceptors (Lipinski definition) is 5. The first-order valence-corrected chi connectivity index (χ1v) is 7.45. The highest BCUT2D eigenvalue weighted by atomic mass is 16.5. The molecule has 2 aromatic heterocycles. The number of amides is 1. The van der Waals surface area contributed by atoms with E-state index in [0.29, 0.717) is 5.56 Å². The summed E-state index contributed by atoms with van der Waals surface area (Å²) in [7, 11) is 4.01. The van der Waals surface area contributed by atoms with Gasteiger partial charge in [0.2, 0.25) is 0 Å². The minimum atomic E-state index is -0.0767. The van der Waals surface area contributed by atoms with E-state index in [4.69, 9.17) is 4.52 Å². The fraction of sp³-hybridized carbons (Fsp3) is 0.438. The molecule has 0 radical (unpaired) electrons. The maximum absolute atomic E-state index is 12.2.